The number of nitrogens with one attached hydrogen (secondary N) is 1. The molecule has 0 heterocycles. The number of nitrogens with zero attached hydrogens (tertiary/aromatic N) is 1. The Labute approximate surface area is 147 Å². The lowest BCUT2D eigenvalue weighted by Crippen LogP contribution is -2.24. The number of carbonyl (C=O) groups is 1. The zero-order valence-electron chi connectivity index (χ0n) is 14.4. The molecule has 0 unspecified atom stereocenters. The molecule has 6 heteroatoms. The highest BCUT2D eigenvalue weighted by Crippen LogP contribution is 2.20. The topological polar surface area (TPSA) is 80.2 Å². The first-order valence-corrected chi connectivity index (χ1v) is 8.03. The summed E-state index contributed by atoms with van der Waals surface area (Å²) in [7, 11) is 1.53. The maximum absolute atomic E-state index is 11.7. The lowest BCUT2D eigenvalue weighted by molar-refractivity contribution is -0.123. The summed E-state index contributed by atoms with van der Waals surface area (Å²) in [5.74, 6) is 0.864. The quantitative estimate of drug-likeness (QED) is 0.571. The second kappa shape index (κ2) is 9.32. The van der Waals surface area contributed by atoms with Crippen LogP contribution in [-0.4, -0.2) is 30.9 Å². The van der Waals surface area contributed by atoms with Crippen molar-refractivity contribution in [3.8, 4) is 17.2 Å². The number of carbonyl (C=O) groups excluding carboxylic acids is 1. The Hall–Kier alpha value is -3.02. The molecule has 0 atom stereocenters. The van der Waals surface area contributed by atoms with Crippen LogP contribution < -0.4 is 14.9 Å². The Bertz CT molecular complexity index is 727. The van der Waals surface area contributed by atoms with Crippen LogP contribution in [0.1, 0.15) is 24.5 Å². The van der Waals surface area contributed by atoms with Crippen LogP contribution in [0.3, 0.4) is 0 Å². The van der Waals surface area contributed by atoms with E-state index in [1.165, 1.54) is 25.0 Å². The molecule has 0 radical (unpaired) electrons. The molecule has 1 amide bonds. The monoisotopic (exact) mass is 342 g/mol. The first kappa shape index (κ1) is 18.3. The standard InChI is InChI=1S/C19H22N2O4/c1-3-4-14-5-7-16(8-6-14)25-13-19(23)21-20-12-15-11-17(24-2)9-10-18(15)22/h5-12,22H,3-4,13H2,1-2H3,(H,21,23)/b20-12-. The fourth-order valence-electron chi connectivity index (χ4n) is 2.16. The number of hydrazone groups is 1. The molecule has 0 aliphatic heterocycles. The third kappa shape index (κ3) is 5.84. The van der Waals surface area contributed by atoms with Crippen LogP contribution in [0.25, 0.3) is 0 Å². The van der Waals surface area contributed by atoms with E-state index < -0.39 is 5.91 Å². The van der Waals surface area contributed by atoms with E-state index in [2.05, 4.69) is 17.5 Å². The van der Waals surface area contributed by atoms with Crippen LogP contribution >= 0.6 is 0 Å². The molecular formula is C19H22N2O4. The van der Waals surface area contributed by atoms with Crippen molar-refractivity contribution in [2.24, 2.45) is 5.10 Å². The molecule has 2 aromatic carbocycles. The van der Waals surface area contributed by atoms with E-state index in [-0.39, 0.29) is 12.4 Å². The number of methoxy groups -OCH3 is 1. The van der Waals surface area contributed by atoms with Crippen LogP contribution in [0.15, 0.2) is 47.6 Å². The normalized spacial score (nSPS) is 10.6. The smallest absolute Gasteiger partial charge is 0.277 e. The zero-order valence-corrected chi connectivity index (χ0v) is 14.4. The van der Waals surface area contributed by atoms with Crippen molar-refractivity contribution in [3.63, 3.8) is 0 Å². The van der Waals surface area contributed by atoms with Crippen molar-refractivity contribution in [2.75, 3.05) is 13.7 Å². The van der Waals surface area contributed by atoms with Gasteiger partial charge in [-0.25, -0.2) is 5.43 Å². The number of aryl methyl sites for hydroxylation is 1. The summed E-state index contributed by atoms with van der Waals surface area (Å²) < 4.78 is 10.5. The molecule has 6 nitrogen and oxygen atoms in total. The maximum atomic E-state index is 11.7. The summed E-state index contributed by atoms with van der Waals surface area (Å²) in [4.78, 5) is 11.7. The molecule has 132 valence electrons. The molecule has 0 spiro atoms. The second-order valence-corrected chi connectivity index (χ2v) is 5.40. The van der Waals surface area contributed by atoms with Gasteiger partial charge in [0.25, 0.3) is 5.91 Å². The van der Waals surface area contributed by atoms with Gasteiger partial charge in [-0.1, -0.05) is 25.5 Å². The summed E-state index contributed by atoms with van der Waals surface area (Å²) in [6.07, 6.45) is 3.45. The van der Waals surface area contributed by atoms with Crippen LogP contribution in [-0.2, 0) is 11.2 Å². The van der Waals surface area contributed by atoms with Crippen molar-refractivity contribution in [1.82, 2.24) is 5.43 Å². The van der Waals surface area contributed by atoms with Crippen molar-refractivity contribution in [1.29, 1.82) is 0 Å². The van der Waals surface area contributed by atoms with E-state index >= 15 is 0 Å². The van der Waals surface area contributed by atoms with E-state index in [4.69, 9.17) is 9.47 Å². The van der Waals surface area contributed by atoms with Crippen molar-refractivity contribution in [3.05, 3.63) is 53.6 Å². The van der Waals surface area contributed by atoms with Gasteiger partial charge >= 0.3 is 0 Å². The van der Waals surface area contributed by atoms with Gasteiger partial charge in [0.2, 0.25) is 0 Å². The van der Waals surface area contributed by atoms with Gasteiger partial charge in [-0.15, -0.1) is 0 Å². The number of amides is 1. The zero-order chi connectivity index (χ0) is 18.1. The number of phenolic OH excluding ortho intramolecular Hbond substituents is 1. The molecule has 2 aromatic rings. The second-order valence-electron chi connectivity index (χ2n) is 5.40. The Balaban J connectivity index is 1.82. The molecule has 0 saturated carbocycles. The Morgan fingerprint density at radius 2 is 1.92 bits per heavy atom. The summed E-state index contributed by atoms with van der Waals surface area (Å²) in [6.45, 7) is 1.98. The Morgan fingerprint density at radius 3 is 2.60 bits per heavy atom. The van der Waals surface area contributed by atoms with Crippen LogP contribution in [0.5, 0.6) is 17.2 Å². The molecule has 0 aliphatic rings. The van der Waals surface area contributed by atoms with E-state index in [9.17, 15) is 9.90 Å². The number of hydrogen-bond acceptors (Lipinski definition) is 5. The summed E-state index contributed by atoms with van der Waals surface area (Å²) in [5.41, 5.74) is 4.03. The first-order chi connectivity index (χ1) is 12.1. The van der Waals surface area contributed by atoms with Gasteiger partial charge in [0, 0.05) is 5.56 Å². The average Bonchev–Trinajstić information content (AvgIpc) is 2.63. The SMILES string of the molecule is CCCc1ccc(OCC(=O)N/N=C\c2cc(OC)ccc2O)cc1. The van der Waals surface area contributed by atoms with E-state index in [1.54, 1.807) is 12.1 Å². The van der Waals surface area contributed by atoms with Gasteiger partial charge in [-0.2, -0.15) is 5.10 Å². The van der Waals surface area contributed by atoms with Crippen LogP contribution in [0.4, 0.5) is 0 Å². The van der Waals surface area contributed by atoms with Gasteiger partial charge in [0.1, 0.15) is 17.2 Å². The maximum Gasteiger partial charge on any atom is 0.277 e. The minimum absolute atomic E-state index is 0.0437. The van der Waals surface area contributed by atoms with Crippen molar-refractivity contribution < 1.29 is 19.4 Å². The highest BCUT2D eigenvalue weighted by Gasteiger charge is 2.03. The van der Waals surface area contributed by atoms with Crippen LogP contribution in [0.2, 0.25) is 0 Å². The third-order valence-electron chi connectivity index (χ3n) is 3.46. The van der Waals surface area contributed by atoms with Gasteiger partial charge in [0.05, 0.1) is 13.3 Å². The van der Waals surface area contributed by atoms with E-state index in [1.807, 2.05) is 24.3 Å². The van der Waals surface area contributed by atoms with Gasteiger partial charge in [-0.05, 0) is 42.3 Å². The summed E-state index contributed by atoms with van der Waals surface area (Å²) >= 11 is 0. The van der Waals surface area contributed by atoms with Crippen molar-refractivity contribution >= 4 is 12.1 Å². The summed E-state index contributed by atoms with van der Waals surface area (Å²) in [6, 6.07) is 12.4. The number of hydrogen-bond donors (Lipinski definition) is 2. The lowest BCUT2D eigenvalue weighted by atomic mass is 10.1. The molecule has 2 rings (SSSR count). The number of ether oxygens (including phenoxy) is 2. The molecule has 0 aromatic heterocycles. The fourth-order valence-corrected chi connectivity index (χ4v) is 2.16. The first-order valence-electron chi connectivity index (χ1n) is 8.03. The Morgan fingerprint density at radius 1 is 1.20 bits per heavy atom. The average molecular weight is 342 g/mol. The van der Waals surface area contributed by atoms with Gasteiger partial charge in [0.15, 0.2) is 6.61 Å². The number of phenols is 1. The minimum Gasteiger partial charge on any atom is -0.507 e. The van der Waals surface area contributed by atoms with E-state index in [0.29, 0.717) is 17.1 Å². The molecule has 0 aliphatic carbocycles. The molecule has 25 heavy (non-hydrogen) atoms. The molecule has 0 saturated heterocycles. The number of benzene rings is 2. The van der Waals surface area contributed by atoms with E-state index in [0.717, 1.165) is 12.8 Å². The Kier molecular flexibility index (Phi) is 6.83. The molecular weight excluding hydrogens is 320 g/mol. The number of aromatic hydroxyl groups is 1. The largest absolute Gasteiger partial charge is 0.507 e. The molecule has 0 fully saturated rings. The minimum atomic E-state index is -0.392. The van der Waals surface area contributed by atoms with Crippen molar-refractivity contribution in [2.45, 2.75) is 19.8 Å². The number of rotatable bonds is 8. The molecule has 2 N–H and O–H groups in total. The predicted molar refractivity (Wildman–Crippen MR) is 96.3 cm³/mol. The summed E-state index contributed by atoms with van der Waals surface area (Å²) in [5, 5.41) is 13.5. The fraction of sp³-hybridized carbons (Fsp3) is 0.263. The molecule has 0 bridgehead atoms. The highest BCUT2D eigenvalue weighted by molar-refractivity contribution is 5.85. The highest BCUT2D eigenvalue weighted by atomic mass is 16.5. The lowest BCUT2D eigenvalue weighted by Gasteiger charge is -2.06. The predicted octanol–water partition coefficient (Wildman–Crippen LogP) is 2.88. The third-order valence-corrected chi connectivity index (χ3v) is 3.46. The van der Waals surface area contributed by atoms with Gasteiger partial charge < -0.3 is 14.6 Å². The van der Waals surface area contributed by atoms with Gasteiger partial charge in [-0.3, -0.25) is 4.79 Å². The van der Waals surface area contributed by atoms with Crippen LogP contribution in [0, 0.1) is 0 Å².